The van der Waals surface area contributed by atoms with E-state index in [1.807, 2.05) is 12.1 Å². The minimum Gasteiger partial charge on any atom is -0.488 e. The highest BCUT2D eigenvalue weighted by Gasteiger charge is 2.08. The van der Waals surface area contributed by atoms with Crippen molar-refractivity contribution < 1.29 is 14.6 Å². The first-order valence-electron chi connectivity index (χ1n) is 6.26. The molecule has 0 saturated heterocycles. The van der Waals surface area contributed by atoms with Gasteiger partial charge in [0.2, 0.25) is 0 Å². The molecular formula is C15H15BrN2O3. The quantitative estimate of drug-likeness (QED) is 0.438. The first-order valence-corrected chi connectivity index (χ1v) is 7.06. The highest BCUT2D eigenvalue weighted by molar-refractivity contribution is 9.10. The fourth-order valence-electron chi connectivity index (χ4n) is 1.82. The second-order valence-corrected chi connectivity index (χ2v) is 5.19. The SMILES string of the molecule is NNC(=O)c1ccc(COc2ccccc2CO)c(Br)c1. The topological polar surface area (TPSA) is 84.6 Å². The van der Waals surface area contributed by atoms with Crippen molar-refractivity contribution in [1.29, 1.82) is 0 Å². The Labute approximate surface area is 130 Å². The van der Waals surface area contributed by atoms with Crippen LogP contribution in [-0.2, 0) is 13.2 Å². The lowest BCUT2D eigenvalue weighted by Gasteiger charge is -2.11. The van der Waals surface area contributed by atoms with Crippen molar-refractivity contribution in [3.63, 3.8) is 0 Å². The molecule has 2 aromatic carbocycles. The summed E-state index contributed by atoms with van der Waals surface area (Å²) < 4.78 is 6.46. The molecule has 110 valence electrons. The van der Waals surface area contributed by atoms with Gasteiger partial charge in [0.15, 0.2) is 0 Å². The summed E-state index contributed by atoms with van der Waals surface area (Å²) in [5.41, 5.74) is 4.16. The second kappa shape index (κ2) is 7.21. The smallest absolute Gasteiger partial charge is 0.265 e. The number of para-hydroxylation sites is 1. The molecule has 1 amide bonds. The molecule has 0 fully saturated rings. The number of aliphatic hydroxyl groups excluding tert-OH is 1. The number of ether oxygens (including phenoxy) is 1. The van der Waals surface area contributed by atoms with Gasteiger partial charge in [-0.15, -0.1) is 0 Å². The van der Waals surface area contributed by atoms with Gasteiger partial charge in [0.1, 0.15) is 12.4 Å². The van der Waals surface area contributed by atoms with E-state index in [1.54, 1.807) is 30.3 Å². The normalized spacial score (nSPS) is 10.2. The number of nitrogen functional groups attached to an aromatic ring is 1. The van der Waals surface area contributed by atoms with Gasteiger partial charge in [-0.3, -0.25) is 10.2 Å². The minimum atomic E-state index is -0.353. The van der Waals surface area contributed by atoms with Gasteiger partial charge in [-0.2, -0.15) is 0 Å². The Morgan fingerprint density at radius 3 is 2.67 bits per heavy atom. The molecule has 5 nitrogen and oxygen atoms in total. The molecule has 0 saturated carbocycles. The van der Waals surface area contributed by atoms with Gasteiger partial charge in [-0.05, 0) is 18.2 Å². The van der Waals surface area contributed by atoms with E-state index in [9.17, 15) is 9.90 Å². The van der Waals surface area contributed by atoms with E-state index in [0.29, 0.717) is 17.9 Å². The van der Waals surface area contributed by atoms with Crippen LogP contribution in [0.3, 0.4) is 0 Å². The summed E-state index contributed by atoms with van der Waals surface area (Å²) in [6.07, 6.45) is 0. The number of carbonyl (C=O) groups excluding carboxylic acids is 1. The number of nitrogens with one attached hydrogen (secondary N) is 1. The summed E-state index contributed by atoms with van der Waals surface area (Å²) >= 11 is 3.40. The lowest BCUT2D eigenvalue weighted by molar-refractivity contribution is 0.0953. The van der Waals surface area contributed by atoms with Gasteiger partial charge in [0.25, 0.3) is 5.91 Å². The van der Waals surface area contributed by atoms with E-state index in [0.717, 1.165) is 15.6 Å². The monoisotopic (exact) mass is 350 g/mol. The Balaban J connectivity index is 2.12. The van der Waals surface area contributed by atoms with Gasteiger partial charge < -0.3 is 9.84 Å². The van der Waals surface area contributed by atoms with E-state index in [1.165, 1.54) is 0 Å². The number of halogens is 1. The zero-order valence-electron chi connectivity index (χ0n) is 11.2. The molecule has 0 atom stereocenters. The van der Waals surface area contributed by atoms with Crippen LogP contribution in [0.1, 0.15) is 21.5 Å². The van der Waals surface area contributed by atoms with Crippen molar-refractivity contribution in [3.05, 3.63) is 63.6 Å². The Kier molecular flexibility index (Phi) is 5.32. The number of amides is 1. The lowest BCUT2D eigenvalue weighted by Crippen LogP contribution is -2.29. The van der Waals surface area contributed by atoms with Crippen LogP contribution in [0.15, 0.2) is 46.9 Å². The van der Waals surface area contributed by atoms with E-state index in [2.05, 4.69) is 21.4 Å². The van der Waals surface area contributed by atoms with Crippen LogP contribution in [0.4, 0.5) is 0 Å². The van der Waals surface area contributed by atoms with Crippen LogP contribution in [0, 0.1) is 0 Å². The van der Waals surface area contributed by atoms with Gasteiger partial charge in [-0.1, -0.05) is 40.2 Å². The number of nitrogens with two attached hydrogens (primary N) is 1. The molecule has 0 unspecified atom stereocenters. The summed E-state index contributed by atoms with van der Waals surface area (Å²) in [6, 6.07) is 12.4. The van der Waals surface area contributed by atoms with Crippen molar-refractivity contribution >= 4 is 21.8 Å². The van der Waals surface area contributed by atoms with Crippen molar-refractivity contribution in [2.75, 3.05) is 0 Å². The number of rotatable bonds is 5. The molecule has 2 rings (SSSR count). The Hall–Kier alpha value is -1.89. The van der Waals surface area contributed by atoms with Crippen molar-refractivity contribution in [2.24, 2.45) is 5.84 Å². The first kappa shape index (κ1) is 15.5. The predicted molar refractivity (Wildman–Crippen MR) is 82.5 cm³/mol. The van der Waals surface area contributed by atoms with Crippen LogP contribution in [0.25, 0.3) is 0 Å². The van der Waals surface area contributed by atoms with Crippen LogP contribution in [0.5, 0.6) is 5.75 Å². The second-order valence-electron chi connectivity index (χ2n) is 4.33. The van der Waals surface area contributed by atoms with E-state index in [-0.39, 0.29) is 12.5 Å². The molecule has 0 bridgehead atoms. The molecule has 0 heterocycles. The molecule has 0 aromatic heterocycles. The van der Waals surface area contributed by atoms with Gasteiger partial charge in [-0.25, -0.2) is 5.84 Å². The fraction of sp³-hybridized carbons (Fsp3) is 0.133. The lowest BCUT2D eigenvalue weighted by atomic mass is 10.1. The summed E-state index contributed by atoms with van der Waals surface area (Å²) in [7, 11) is 0. The molecule has 4 N–H and O–H groups in total. The number of hydrogen-bond donors (Lipinski definition) is 3. The maximum atomic E-state index is 11.4. The standard InChI is InChI=1S/C15H15BrN2O3/c16-13-7-10(15(20)18-17)5-6-12(13)9-21-14-4-2-1-3-11(14)8-19/h1-7,19H,8-9,17H2,(H,18,20). The summed E-state index contributed by atoms with van der Waals surface area (Å²) in [6.45, 7) is 0.245. The number of hydrazine groups is 1. The summed E-state index contributed by atoms with van der Waals surface area (Å²) in [4.78, 5) is 11.4. The number of benzene rings is 2. The van der Waals surface area contributed by atoms with Crippen LogP contribution in [-0.4, -0.2) is 11.0 Å². The molecule has 0 aliphatic carbocycles. The largest absolute Gasteiger partial charge is 0.488 e. The van der Waals surface area contributed by atoms with Crippen molar-refractivity contribution in [2.45, 2.75) is 13.2 Å². The third kappa shape index (κ3) is 3.81. The number of carbonyl (C=O) groups is 1. The van der Waals surface area contributed by atoms with Gasteiger partial charge in [0.05, 0.1) is 6.61 Å². The Morgan fingerprint density at radius 1 is 1.24 bits per heavy atom. The Morgan fingerprint density at radius 2 is 2.00 bits per heavy atom. The maximum absolute atomic E-state index is 11.4. The third-order valence-corrected chi connectivity index (χ3v) is 3.71. The summed E-state index contributed by atoms with van der Waals surface area (Å²) in [5.74, 6) is 5.38. The maximum Gasteiger partial charge on any atom is 0.265 e. The van der Waals surface area contributed by atoms with Crippen LogP contribution >= 0.6 is 15.9 Å². The molecule has 0 aliphatic heterocycles. The number of hydrogen-bond acceptors (Lipinski definition) is 4. The highest BCUT2D eigenvalue weighted by Crippen LogP contribution is 2.23. The zero-order chi connectivity index (χ0) is 15.2. The first-order chi connectivity index (χ1) is 10.2. The van der Waals surface area contributed by atoms with Crippen molar-refractivity contribution in [1.82, 2.24) is 5.43 Å². The van der Waals surface area contributed by atoms with Crippen LogP contribution in [0.2, 0.25) is 0 Å². The van der Waals surface area contributed by atoms with Crippen LogP contribution < -0.4 is 16.0 Å². The molecular weight excluding hydrogens is 336 g/mol. The fourth-order valence-corrected chi connectivity index (χ4v) is 2.31. The zero-order valence-corrected chi connectivity index (χ0v) is 12.8. The average Bonchev–Trinajstić information content (AvgIpc) is 2.53. The van der Waals surface area contributed by atoms with Crippen molar-refractivity contribution in [3.8, 4) is 5.75 Å². The molecule has 2 aromatic rings. The molecule has 0 spiro atoms. The number of aliphatic hydroxyl groups is 1. The van der Waals surface area contributed by atoms with Gasteiger partial charge >= 0.3 is 0 Å². The highest BCUT2D eigenvalue weighted by atomic mass is 79.9. The average molecular weight is 351 g/mol. The third-order valence-electron chi connectivity index (χ3n) is 2.97. The van der Waals surface area contributed by atoms with Gasteiger partial charge in [0, 0.05) is 21.2 Å². The predicted octanol–water partition coefficient (Wildman–Crippen LogP) is 2.12. The summed E-state index contributed by atoms with van der Waals surface area (Å²) in [5, 5.41) is 9.25. The van der Waals surface area contributed by atoms with E-state index < -0.39 is 0 Å². The van der Waals surface area contributed by atoms with E-state index >= 15 is 0 Å². The molecule has 21 heavy (non-hydrogen) atoms. The minimum absolute atomic E-state index is 0.0764. The molecule has 0 aliphatic rings. The molecule has 6 heteroatoms. The molecule has 0 radical (unpaired) electrons. The van der Waals surface area contributed by atoms with E-state index in [4.69, 9.17) is 10.6 Å². The Bertz CT molecular complexity index is 647.